The molecule has 0 aliphatic rings. The minimum absolute atomic E-state index is 0.464. The molecule has 2 aromatic carbocycles. The highest BCUT2D eigenvalue weighted by atomic mass is 16.5. The number of rotatable bonds is 5. The molecule has 3 rings (SSSR count). The van der Waals surface area contributed by atoms with Gasteiger partial charge in [-0.1, -0.05) is 23.4 Å². The molecule has 0 saturated heterocycles. The van der Waals surface area contributed by atoms with Crippen LogP contribution in [-0.4, -0.2) is 24.4 Å². The number of aromatic nitrogens is 2. The van der Waals surface area contributed by atoms with Crippen molar-refractivity contribution in [1.29, 1.82) is 0 Å². The fraction of sp³-hybridized carbons (Fsp3) is 0.176. The van der Waals surface area contributed by atoms with Crippen LogP contribution in [0, 0.1) is 0 Å². The van der Waals surface area contributed by atoms with E-state index >= 15 is 0 Å². The van der Waals surface area contributed by atoms with E-state index in [1.807, 2.05) is 42.5 Å². The highest BCUT2D eigenvalue weighted by Crippen LogP contribution is 2.36. The number of methoxy groups -OCH3 is 2. The summed E-state index contributed by atoms with van der Waals surface area (Å²) in [5.74, 6) is 2.19. The molecule has 0 saturated carbocycles. The smallest absolute Gasteiger partial charge is 0.231 e. The van der Waals surface area contributed by atoms with Gasteiger partial charge in [0.2, 0.25) is 11.7 Å². The second-order valence-electron chi connectivity index (χ2n) is 4.97. The lowest BCUT2D eigenvalue weighted by Crippen LogP contribution is -1.94. The third kappa shape index (κ3) is 3.11. The second-order valence-corrected chi connectivity index (χ2v) is 4.97. The van der Waals surface area contributed by atoms with Crippen molar-refractivity contribution >= 4 is 5.69 Å². The lowest BCUT2D eigenvalue weighted by Gasteiger charge is -2.09. The Hall–Kier alpha value is -3.02. The number of ether oxygens (including phenoxy) is 2. The molecule has 0 radical (unpaired) electrons. The van der Waals surface area contributed by atoms with E-state index in [9.17, 15) is 0 Å². The van der Waals surface area contributed by atoms with Gasteiger partial charge in [-0.15, -0.1) is 0 Å². The number of benzene rings is 2. The normalized spacial score (nSPS) is 10.5. The van der Waals surface area contributed by atoms with Gasteiger partial charge < -0.3 is 19.7 Å². The molecule has 0 spiro atoms. The topological polar surface area (TPSA) is 83.4 Å². The highest BCUT2D eigenvalue weighted by Gasteiger charge is 2.16. The van der Waals surface area contributed by atoms with Gasteiger partial charge in [-0.3, -0.25) is 0 Å². The van der Waals surface area contributed by atoms with Crippen LogP contribution in [0.5, 0.6) is 11.5 Å². The van der Waals surface area contributed by atoms with Crippen molar-refractivity contribution in [2.75, 3.05) is 20.0 Å². The Morgan fingerprint density at radius 3 is 2.52 bits per heavy atom. The molecule has 0 aliphatic carbocycles. The first-order chi connectivity index (χ1) is 11.2. The van der Waals surface area contributed by atoms with Crippen LogP contribution in [-0.2, 0) is 6.42 Å². The van der Waals surface area contributed by atoms with Gasteiger partial charge in [0.05, 0.1) is 26.2 Å². The fourth-order valence-corrected chi connectivity index (χ4v) is 2.31. The van der Waals surface area contributed by atoms with Crippen LogP contribution in [0.3, 0.4) is 0 Å². The number of nitrogens with two attached hydrogens (primary N) is 1. The SMILES string of the molecule is COc1cccc(-c2noc(Cc3ccc(N)cc3)n2)c1OC. The number of hydrogen-bond donors (Lipinski definition) is 1. The monoisotopic (exact) mass is 311 g/mol. The summed E-state index contributed by atoms with van der Waals surface area (Å²) in [6.45, 7) is 0. The zero-order valence-electron chi connectivity index (χ0n) is 12.9. The maximum atomic E-state index is 5.68. The Labute approximate surface area is 133 Å². The van der Waals surface area contributed by atoms with Crippen molar-refractivity contribution in [3.63, 3.8) is 0 Å². The lowest BCUT2D eigenvalue weighted by molar-refractivity contribution is 0.355. The summed E-state index contributed by atoms with van der Waals surface area (Å²) in [6.07, 6.45) is 0.541. The minimum Gasteiger partial charge on any atom is -0.493 e. The van der Waals surface area contributed by atoms with Crippen LogP contribution in [0.2, 0.25) is 0 Å². The number of nitrogens with zero attached hydrogens (tertiary/aromatic N) is 2. The van der Waals surface area contributed by atoms with E-state index in [4.69, 9.17) is 19.7 Å². The summed E-state index contributed by atoms with van der Waals surface area (Å²) in [4.78, 5) is 4.44. The van der Waals surface area contributed by atoms with E-state index in [-0.39, 0.29) is 0 Å². The molecule has 0 bridgehead atoms. The molecule has 0 aliphatic heterocycles. The summed E-state index contributed by atoms with van der Waals surface area (Å²) >= 11 is 0. The predicted octanol–water partition coefficient (Wildman–Crippen LogP) is 2.93. The Kier molecular flexibility index (Phi) is 4.14. The van der Waals surface area contributed by atoms with Gasteiger partial charge in [0.15, 0.2) is 11.5 Å². The van der Waals surface area contributed by atoms with Crippen molar-refractivity contribution in [2.24, 2.45) is 0 Å². The van der Waals surface area contributed by atoms with Gasteiger partial charge in [0.25, 0.3) is 0 Å². The molecule has 1 heterocycles. The van der Waals surface area contributed by atoms with Gasteiger partial charge in [-0.25, -0.2) is 0 Å². The first-order valence-electron chi connectivity index (χ1n) is 7.09. The van der Waals surface area contributed by atoms with Crippen molar-refractivity contribution in [1.82, 2.24) is 10.1 Å². The summed E-state index contributed by atoms with van der Waals surface area (Å²) in [5.41, 5.74) is 8.18. The Morgan fingerprint density at radius 2 is 1.83 bits per heavy atom. The van der Waals surface area contributed by atoms with Crippen LogP contribution in [0.15, 0.2) is 47.0 Å². The zero-order valence-corrected chi connectivity index (χ0v) is 12.9. The lowest BCUT2D eigenvalue weighted by atomic mass is 10.1. The van der Waals surface area contributed by atoms with E-state index in [1.54, 1.807) is 14.2 Å². The Morgan fingerprint density at radius 1 is 1.04 bits per heavy atom. The van der Waals surface area contributed by atoms with Gasteiger partial charge in [0.1, 0.15) is 0 Å². The number of para-hydroxylation sites is 1. The Bertz CT molecular complexity index is 797. The van der Waals surface area contributed by atoms with Crippen molar-refractivity contribution in [2.45, 2.75) is 6.42 Å². The Balaban J connectivity index is 1.89. The highest BCUT2D eigenvalue weighted by molar-refractivity contribution is 5.68. The van der Waals surface area contributed by atoms with Crippen LogP contribution in [0.4, 0.5) is 5.69 Å². The standard InChI is InChI=1S/C17H17N3O3/c1-21-14-5-3-4-13(16(14)22-2)17-19-15(23-20-17)10-11-6-8-12(18)9-7-11/h3-9H,10,18H2,1-2H3. The third-order valence-electron chi connectivity index (χ3n) is 3.45. The summed E-state index contributed by atoms with van der Waals surface area (Å²) < 4.78 is 16.0. The van der Waals surface area contributed by atoms with Crippen LogP contribution in [0.1, 0.15) is 11.5 Å². The van der Waals surface area contributed by atoms with E-state index in [1.165, 1.54) is 0 Å². The number of anilines is 1. The van der Waals surface area contributed by atoms with E-state index in [0.717, 1.165) is 16.8 Å². The van der Waals surface area contributed by atoms with Crippen molar-refractivity contribution < 1.29 is 14.0 Å². The molecule has 1 aromatic heterocycles. The van der Waals surface area contributed by atoms with E-state index in [0.29, 0.717) is 29.6 Å². The maximum absolute atomic E-state index is 5.68. The average Bonchev–Trinajstić information content (AvgIpc) is 3.04. The molecule has 118 valence electrons. The largest absolute Gasteiger partial charge is 0.493 e. The molecule has 23 heavy (non-hydrogen) atoms. The summed E-state index contributed by atoms with van der Waals surface area (Å²) in [6, 6.07) is 13.1. The molecule has 6 heteroatoms. The number of hydrogen-bond acceptors (Lipinski definition) is 6. The zero-order chi connectivity index (χ0) is 16.2. The molecular weight excluding hydrogens is 294 g/mol. The van der Waals surface area contributed by atoms with Gasteiger partial charge in [-0.2, -0.15) is 4.98 Å². The van der Waals surface area contributed by atoms with Gasteiger partial charge in [0, 0.05) is 5.69 Å². The molecule has 0 amide bonds. The molecule has 0 unspecified atom stereocenters. The first-order valence-corrected chi connectivity index (χ1v) is 7.09. The molecular formula is C17H17N3O3. The summed E-state index contributed by atoms with van der Waals surface area (Å²) in [7, 11) is 3.17. The van der Waals surface area contributed by atoms with E-state index < -0.39 is 0 Å². The van der Waals surface area contributed by atoms with Crippen molar-refractivity contribution in [3.8, 4) is 22.9 Å². The van der Waals surface area contributed by atoms with Crippen LogP contribution < -0.4 is 15.2 Å². The second kappa shape index (κ2) is 6.39. The average molecular weight is 311 g/mol. The molecule has 3 aromatic rings. The molecule has 0 atom stereocenters. The first kappa shape index (κ1) is 14.9. The molecule has 2 N–H and O–H groups in total. The van der Waals surface area contributed by atoms with Crippen LogP contribution in [0.25, 0.3) is 11.4 Å². The molecule has 0 fully saturated rings. The van der Waals surface area contributed by atoms with E-state index in [2.05, 4.69) is 10.1 Å². The van der Waals surface area contributed by atoms with Crippen molar-refractivity contribution in [3.05, 3.63) is 53.9 Å². The fourth-order valence-electron chi connectivity index (χ4n) is 2.31. The van der Waals surface area contributed by atoms with Gasteiger partial charge >= 0.3 is 0 Å². The predicted molar refractivity (Wildman–Crippen MR) is 86.5 cm³/mol. The maximum Gasteiger partial charge on any atom is 0.231 e. The third-order valence-corrected chi connectivity index (χ3v) is 3.45. The van der Waals surface area contributed by atoms with Crippen LogP contribution >= 0.6 is 0 Å². The van der Waals surface area contributed by atoms with Gasteiger partial charge in [-0.05, 0) is 29.8 Å². The number of nitrogen functional groups attached to an aromatic ring is 1. The minimum atomic E-state index is 0.464. The molecule has 6 nitrogen and oxygen atoms in total. The summed E-state index contributed by atoms with van der Waals surface area (Å²) in [5, 5.41) is 4.04. The quantitative estimate of drug-likeness (QED) is 0.729.